The minimum atomic E-state index is -0.959. The number of aliphatic hydroxyl groups excluding tert-OH is 1. The van der Waals surface area contributed by atoms with E-state index in [0.29, 0.717) is 5.56 Å². The van der Waals surface area contributed by atoms with Gasteiger partial charge in [0.25, 0.3) is 0 Å². The molecule has 1 fully saturated rings. The van der Waals surface area contributed by atoms with Crippen LogP contribution in [0.3, 0.4) is 0 Å². The third kappa shape index (κ3) is 7.19. The van der Waals surface area contributed by atoms with Gasteiger partial charge in [0.1, 0.15) is 17.7 Å². The number of β-amino-alcohol motifs (C(OH)–C–C–N with tert-alkyl or cyclic N) is 1. The van der Waals surface area contributed by atoms with Crippen LogP contribution in [0.5, 0.6) is 0 Å². The molecule has 0 aliphatic carbocycles. The number of nitriles is 1. The van der Waals surface area contributed by atoms with Gasteiger partial charge in [-0.15, -0.1) is 0 Å². The van der Waals surface area contributed by atoms with Crippen molar-refractivity contribution in [1.29, 1.82) is 5.26 Å². The summed E-state index contributed by atoms with van der Waals surface area (Å²) in [4.78, 5) is 40.4. The van der Waals surface area contributed by atoms with Crippen LogP contribution in [-0.4, -0.2) is 58.2 Å². The Balaban J connectivity index is 2.18. The van der Waals surface area contributed by atoms with Gasteiger partial charge in [0.2, 0.25) is 11.8 Å². The first-order valence-corrected chi connectivity index (χ1v) is 11.4. The van der Waals surface area contributed by atoms with Gasteiger partial charge >= 0.3 is 6.09 Å². The van der Waals surface area contributed by atoms with Crippen molar-refractivity contribution in [2.24, 2.45) is 5.41 Å². The van der Waals surface area contributed by atoms with Crippen LogP contribution in [0.1, 0.15) is 72.1 Å². The third-order valence-electron chi connectivity index (χ3n) is 5.54. The molecule has 1 heterocycles. The fourth-order valence-electron chi connectivity index (χ4n) is 3.79. The van der Waals surface area contributed by atoms with Crippen molar-refractivity contribution >= 4 is 17.9 Å². The first-order chi connectivity index (χ1) is 15.6. The number of amides is 3. The zero-order valence-corrected chi connectivity index (χ0v) is 21.0. The molecule has 0 bridgehead atoms. The van der Waals surface area contributed by atoms with Crippen molar-refractivity contribution in [2.75, 3.05) is 6.54 Å². The zero-order chi connectivity index (χ0) is 25.8. The van der Waals surface area contributed by atoms with E-state index < -0.39 is 47.1 Å². The highest BCUT2D eigenvalue weighted by atomic mass is 16.6. The van der Waals surface area contributed by atoms with Crippen LogP contribution in [0, 0.1) is 16.7 Å². The molecule has 0 saturated carbocycles. The number of nitrogens with one attached hydrogen (secondary N) is 2. The minimum absolute atomic E-state index is 0.00918. The highest BCUT2D eigenvalue weighted by Crippen LogP contribution is 2.27. The lowest BCUT2D eigenvalue weighted by atomic mass is 9.85. The minimum Gasteiger partial charge on any atom is -0.444 e. The van der Waals surface area contributed by atoms with Gasteiger partial charge in [-0.05, 0) is 50.8 Å². The van der Waals surface area contributed by atoms with E-state index >= 15 is 0 Å². The summed E-state index contributed by atoms with van der Waals surface area (Å²) < 4.78 is 5.32. The van der Waals surface area contributed by atoms with Crippen molar-refractivity contribution in [3.8, 4) is 6.07 Å². The van der Waals surface area contributed by atoms with Crippen molar-refractivity contribution < 1.29 is 24.2 Å². The van der Waals surface area contributed by atoms with Crippen LogP contribution < -0.4 is 10.6 Å². The molecule has 2 unspecified atom stereocenters. The Labute approximate surface area is 201 Å². The van der Waals surface area contributed by atoms with Gasteiger partial charge in [-0.1, -0.05) is 32.9 Å². The number of rotatable bonds is 5. The maximum Gasteiger partial charge on any atom is 0.408 e. The number of carbonyl (C=O) groups excluding carboxylic acids is 3. The summed E-state index contributed by atoms with van der Waals surface area (Å²) in [5.74, 6) is -0.854. The predicted molar refractivity (Wildman–Crippen MR) is 126 cm³/mol. The summed E-state index contributed by atoms with van der Waals surface area (Å²) in [5.41, 5.74) is -0.0755. The lowest BCUT2D eigenvalue weighted by Gasteiger charge is -2.35. The molecule has 0 radical (unpaired) electrons. The van der Waals surface area contributed by atoms with Crippen LogP contribution in [-0.2, 0) is 14.3 Å². The first-order valence-electron chi connectivity index (χ1n) is 11.4. The van der Waals surface area contributed by atoms with Gasteiger partial charge in [-0.25, -0.2) is 4.79 Å². The van der Waals surface area contributed by atoms with Crippen molar-refractivity contribution in [2.45, 2.75) is 84.7 Å². The summed E-state index contributed by atoms with van der Waals surface area (Å²) in [5, 5.41) is 24.8. The Morgan fingerprint density at radius 1 is 1.12 bits per heavy atom. The number of alkyl carbamates (subject to hydrolysis) is 1. The number of ether oxygens (including phenoxy) is 1. The van der Waals surface area contributed by atoms with Crippen LogP contribution in [0.25, 0.3) is 0 Å². The molecule has 1 aliphatic heterocycles. The van der Waals surface area contributed by atoms with E-state index in [9.17, 15) is 19.5 Å². The van der Waals surface area contributed by atoms with Gasteiger partial charge in [-0.3, -0.25) is 9.59 Å². The zero-order valence-electron chi connectivity index (χ0n) is 21.0. The summed E-state index contributed by atoms with van der Waals surface area (Å²) in [6.45, 7) is 12.4. The first kappa shape index (κ1) is 27.1. The summed E-state index contributed by atoms with van der Waals surface area (Å²) in [7, 11) is 0. The molecular weight excluding hydrogens is 436 g/mol. The number of aliphatic hydroxyl groups is 1. The number of likely N-dealkylation sites (tertiary alicyclic amines) is 1. The molecule has 34 heavy (non-hydrogen) atoms. The fraction of sp³-hybridized carbons (Fsp3) is 0.600. The Morgan fingerprint density at radius 2 is 1.71 bits per heavy atom. The topological polar surface area (TPSA) is 132 Å². The SMILES string of the molecule is CC(NC(=O)[C@@H]1C[C@@H](O)CN1C(=O)C(NC(=O)OC(C)(C)C)C(C)(C)C)c1ccc(C#N)cc1. The van der Waals surface area contributed by atoms with Crippen molar-refractivity contribution in [1.82, 2.24) is 15.5 Å². The van der Waals surface area contributed by atoms with Crippen molar-refractivity contribution in [3.63, 3.8) is 0 Å². The lowest BCUT2D eigenvalue weighted by Crippen LogP contribution is -2.58. The van der Waals surface area contributed by atoms with Gasteiger partial charge in [0, 0.05) is 13.0 Å². The normalized spacial score (nSPS) is 20.1. The average Bonchev–Trinajstić information content (AvgIpc) is 3.11. The fourth-order valence-corrected chi connectivity index (χ4v) is 3.79. The summed E-state index contributed by atoms with van der Waals surface area (Å²) in [6, 6.07) is 6.70. The van der Waals surface area contributed by atoms with Gasteiger partial charge in [0.05, 0.1) is 23.8 Å². The van der Waals surface area contributed by atoms with E-state index in [4.69, 9.17) is 10.00 Å². The molecule has 1 saturated heterocycles. The molecule has 0 spiro atoms. The molecule has 0 aromatic heterocycles. The molecule has 9 nitrogen and oxygen atoms in total. The van der Waals surface area contributed by atoms with Crippen LogP contribution in [0.2, 0.25) is 0 Å². The van der Waals surface area contributed by atoms with Gasteiger partial charge in [0.15, 0.2) is 0 Å². The quantitative estimate of drug-likeness (QED) is 0.604. The van der Waals surface area contributed by atoms with Crippen molar-refractivity contribution in [3.05, 3.63) is 35.4 Å². The number of carbonyl (C=O) groups is 3. The smallest absolute Gasteiger partial charge is 0.408 e. The number of benzene rings is 1. The molecule has 1 aromatic carbocycles. The van der Waals surface area contributed by atoms with Gasteiger partial charge < -0.3 is 25.4 Å². The Morgan fingerprint density at radius 3 is 2.21 bits per heavy atom. The average molecular weight is 473 g/mol. The molecule has 9 heteroatoms. The Kier molecular flexibility index (Phi) is 8.32. The van der Waals surface area contributed by atoms with Gasteiger partial charge in [-0.2, -0.15) is 5.26 Å². The molecular formula is C25H36N4O5. The van der Waals surface area contributed by atoms with E-state index in [2.05, 4.69) is 16.7 Å². The molecule has 4 atom stereocenters. The van der Waals surface area contributed by atoms with Crippen LogP contribution in [0.4, 0.5) is 4.79 Å². The molecule has 3 N–H and O–H groups in total. The second kappa shape index (κ2) is 10.4. The van der Waals surface area contributed by atoms with E-state index in [0.717, 1.165) is 5.56 Å². The highest BCUT2D eigenvalue weighted by molar-refractivity contribution is 5.92. The number of nitrogens with zero attached hydrogens (tertiary/aromatic N) is 2. The second-order valence-corrected chi connectivity index (χ2v) is 10.8. The maximum atomic E-state index is 13.5. The molecule has 2 rings (SSSR count). The second-order valence-electron chi connectivity index (χ2n) is 10.8. The van der Waals surface area contributed by atoms with E-state index in [1.54, 1.807) is 52.0 Å². The monoisotopic (exact) mass is 472 g/mol. The number of hydrogen-bond acceptors (Lipinski definition) is 6. The van der Waals surface area contributed by atoms with Crippen LogP contribution in [0.15, 0.2) is 24.3 Å². The third-order valence-corrected chi connectivity index (χ3v) is 5.54. The molecule has 1 aromatic rings. The Hall–Kier alpha value is -3.12. The van der Waals surface area contributed by atoms with E-state index in [-0.39, 0.29) is 19.0 Å². The van der Waals surface area contributed by atoms with E-state index in [1.165, 1.54) is 4.90 Å². The molecule has 186 valence electrons. The summed E-state index contributed by atoms with van der Waals surface area (Å²) >= 11 is 0. The predicted octanol–water partition coefficient (Wildman–Crippen LogP) is 2.64. The summed E-state index contributed by atoms with van der Waals surface area (Å²) in [6.07, 6.45) is -1.48. The molecule has 1 aliphatic rings. The molecule has 3 amide bonds. The maximum absolute atomic E-state index is 13.5. The largest absolute Gasteiger partial charge is 0.444 e. The van der Waals surface area contributed by atoms with E-state index in [1.807, 2.05) is 20.8 Å². The van der Waals surface area contributed by atoms with Crippen LogP contribution >= 0.6 is 0 Å². The number of hydrogen-bond donors (Lipinski definition) is 3. The lowest BCUT2D eigenvalue weighted by molar-refractivity contribution is -0.142. The highest BCUT2D eigenvalue weighted by Gasteiger charge is 2.45. The standard InChI is InChI=1S/C25H36N4O5/c1-15(17-10-8-16(13-26)9-11-17)27-21(31)19-12-18(30)14-29(19)22(32)20(24(2,3)4)28-23(33)34-25(5,6)7/h8-11,15,18-20,30H,12,14H2,1-7H3,(H,27,31)(H,28,33)/t15?,18-,19+,20?/m1/s1. The Bertz CT molecular complexity index is 940.